The van der Waals surface area contributed by atoms with Crippen LogP contribution in [0.1, 0.15) is 57.0 Å². The largest absolute Gasteiger partial charge is 0.486 e. The van der Waals surface area contributed by atoms with E-state index in [2.05, 4.69) is 31.3 Å². The van der Waals surface area contributed by atoms with Crippen molar-refractivity contribution in [3.05, 3.63) is 23.3 Å². The van der Waals surface area contributed by atoms with Gasteiger partial charge in [-0.1, -0.05) is 34.6 Å². The van der Waals surface area contributed by atoms with Crippen LogP contribution in [0.25, 0.3) is 0 Å². The maximum atomic E-state index is 12.5. The second-order valence-electron chi connectivity index (χ2n) is 6.57. The number of nitrogens with one attached hydrogen (secondary N) is 1. The topological polar surface area (TPSA) is 59.9 Å². The van der Waals surface area contributed by atoms with E-state index in [1.807, 2.05) is 13.8 Å². The van der Waals surface area contributed by atoms with Crippen molar-refractivity contribution in [2.24, 2.45) is 10.5 Å². The Bertz CT molecular complexity index is 615. The summed E-state index contributed by atoms with van der Waals surface area (Å²) in [7, 11) is 0. The van der Waals surface area contributed by atoms with Gasteiger partial charge in [-0.2, -0.15) is 5.10 Å². The third-order valence-electron chi connectivity index (χ3n) is 3.90. The first-order valence-electron chi connectivity index (χ1n) is 8.17. The second kappa shape index (κ2) is 7.02. The minimum absolute atomic E-state index is 0.0670. The van der Waals surface area contributed by atoms with E-state index in [4.69, 9.17) is 9.47 Å². The highest BCUT2D eigenvalue weighted by Gasteiger charge is 2.22. The fourth-order valence-electron chi connectivity index (χ4n) is 2.69. The Labute approximate surface area is 138 Å². The van der Waals surface area contributed by atoms with E-state index in [9.17, 15) is 4.79 Å². The number of benzene rings is 1. The average Bonchev–Trinajstić information content (AvgIpc) is 2.52. The monoisotopic (exact) mass is 318 g/mol. The molecule has 0 fully saturated rings. The summed E-state index contributed by atoms with van der Waals surface area (Å²) in [6.45, 7) is 11.3. The van der Waals surface area contributed by atoms with Crippen molar-refractivity contribution in [2.45, 2.75) is 47.5 Å². The van der Waals surface area contributed by atoms with Crippen LogP contribution in [0.3, 0.4) is 0 Å². The summed E-state index contributed by atoms with van der Waals surface area (Å²) < 4.78 is 11.3. The van der Waals surface area contributed by atoms with Gasteiger partial charge in [0.2, 0.25) is 0 Å². The highest BCUT2D eigenvalue weighted by Crippen LogP contribution is 2.36. The van der Waals surface area contributed by atoms with Gasteiger partial charge in [-0.25, -0.2) is 5.43 Å². The third-order valence-corrected chi connectivity index (χ3v) is 3.90. The zero-order valence-corrected chi connectivity index (χ0v) is 14.7. The normalized spacial score (nSPS) is 14.6. The van der Waals surface area contributed by atoms with Crippen molar-refractivity contribution < 1.29 is 14.3 Å². The van der Waals surface area contributed by atoms with E-state index in [1.165, 1.54) is 0 Å². The number of fused-ring (bicyclic) bond motifs is 1. The third kappa shape index (κ3) is 3.84. The van der Waals surface area contributed by atoms with Gasteiger partial charge >= 0.3 is 0 Å². The number of carbonyl (C=O) groups is 1. The molecular weight excluding hydrogens is 292 g/mol. The first kappa shape index (κ1) is 17.3. The van der Waals surface area contributed by atoms with Crippen LogP contribution in [-0.4, -0.2) is 24.8 Å². The van der Waals surface area contributed by atoms with Crippen LogP contribution in [-0.2, 0) is 6.42 Å². The van der Waals surface area contributed by atoms with Gasteiger partial charge in [-0.3, -0.25) is 4.79 Å². The number of hydrogen-bond acceptors (Lipinski definition) is 4. The zero-order valence-electron chi connectivity index (χ0n) is 14.7. The average molecular weight is 318 g/mol. The highest BCUT2D eigenvalue weighted by molar-refractivity contribution is 5.98. The van der Waals surface area contributed by atoms with Crippen LogP contribution >= 0.6 is 0 Å². The Balaban J connectivity index is 2.28. The molecule has 0 spiro atoms. The van der Waals surface area contributed by atoms with Gasteiger partial charge in [-0.15, -0.1) is 0 Å². The molecule has 5 heteroatoms. The summed E-state index contributed by atoms with van der Waals surface area (Å²) in [4.78, 5) is 12.5. The van der Waals surface area contributed by atoms with Crippen molar-refractivity contribution in [1.29, 1.82) is 0 Å². The van der Waals surface area contributed by atoms with Crippen LogP contribution in [0.15, 0.2) is 17.2 Å². The Hall–Kier alpha value is -2.04. The smallest absolute Gasteiger partial charge is 0.271 e. The van der Waals surface area contributed by atoms with E-state index in [1.54, 1.807) is 12.1 Å². The molecular formula is C18H26N2O3. The molecule has 1 aromatic carbocycles. The first-order chi connectivity index (χ1) is 10.9. The Morgan fingerprint density at radius 2 is 1.91 bits per heavy atom. The number of hydrogen-bond donors (Lipinski definition) is 1. The number of hydrazone groups is 1. The number of amides is 1. The summed E-state index contributed by atoms with van der Waals surface area (Å²) in [6, 6.07) is 3.57. The molecule has 0 saturated carbocycles. The molecule has 0 radical (unpaired) electrons. The SMILES string of the molecule is CCC(=NNC(=O)c1ccc2c(c1CC)OCCO2)C(C)(C)C. The quantitative estimate of drug-likeness (QED) is 0.682. The molecule has 0 bridgehead atoms. The number of nitrogens with zero attached hydrogens (tertiary/aromatic N) is 1. The van der Waals surface area contributed by atoms with Crippen LogP contribution < -0.4 is 14.9 Å². The molecule has 0 atom stereocenters. The van der Waals surface area contributed by atoms with Crippen LogP contribution in [0, 0.1) is 5.41 Å². The van der Waals surface area contributed by atoms with Crippen LogP contribution in [0.4, 0.5) is 0 Å². The van der Waals surface area contributed by atoms with Gasteiger partial charge in [0.05, 0.1) is 0 Å². The summed E-state index contributed by atoms with van der Waals surface area (Å²) in [5.41, 5.74) is 5.04. The maximum absolute atomic E-state index is 12.5. The lowest BCUT2D eigenvalue weighted by atomic mass is 9.88. The van der Waals surface area contributed by atoms with Gasteiger partial charge in [-0.05, 0) is 25.0 Å². The van der Waals surface area contributed by atoms with Crippen molar-refractivity contribution in [3.63, 3.8) is 0 Å². The van der Waals surface area contributed by atoms with Crippen molar-refractivity contribution in [1.82, 2.24) is 5.43 Å². The molecule has 1 amide bonds. The summed E-state index contributed by atoms with van der Waals surface area (Å²) >= 11 is 0. The Kier molecular flexibility index (Phi) is 5.29. The standard InChI is InChI=1S/C18H26N2O3/c1-6-12-13(8-9-14-16(12)23-11-10-22-14)17(21)20-19-15(7-2)18(3,4)5/h8-9H,6-7,10-11H2,1-5H3,(H,20,21). The predicted octanol–water partition coefficient (Wildman–Crippen LogP) is 3.56. The number of carbonyl (C=O) groups excluding carboxylic acids is 1. The van der Waals surface area contributed by atoms with Crippen molar-refractivity contribution >= 4 is 11.6 Å². The molecule has 5 nitrogen and oxygen atoms in total. The summed E-state index contributed by atoms with van der Waals surface area (Å²) in [5, 5.41) is 4.32. The second-order valence-corrected chi connectivity index (χ2v) is 6.57. The molecule has 126 valence electrons. The minimum Gasteiger partial charge on any atom is -0.486 e. The number of ether oxygens (including phenoxy) is 2. The molecule has 1 heterocycles. The van der Waals surface area contributed by atoms with Gasteiger partial charge < -0.3 is 9.47 Å². The van der Waals surface area contributed by atoms with Gasteiger partial charge in [0, 0.05) is 22.3 Å². The molecule has 1 aromatic rings. The molecule has 0 saturated heterocycles. The lowest BCUT2D eigenvalue weighted by molar-refractivity contribution is 0.0952. The summed E-state index contributed by atoms with van der Waals surface area (Å²) in [6.07, 6.45) is 1.49. The Morgan fingerprint density at radius 1 is 1.22 bits per heavy atom. The molecule has 1 aliphatic heterocycles. The molecule has 0 unspecified atom stereocenters. The van der Waals surface area contributed by atoms with Gasteiger partial charge in [0.15, 0.2) is 11.5 Å². The molecule has 2 rings (SSSR count). The van der Waals surface area contributed by atoms with E-state index >= 15 is 0 Å². The van der Waals surface area contributed by atoms with E-state index in [0.717, 1.165) is 17.7 Å². The van der Waals surface area contributed by atoms with Crippen LogP contribution in [0.2, 0.25) is 0 Å². The molecule has 23 heavy (non-hydrogen) atoms. The fourth-order valence-corrected chi connectivity index (χ4v) is 2.69. The number of rotatable bonds is 4. The zero-order chi connectivity index (χ0) is 17.0. The Morgan fingerprint density at radius 3 is 2.52 bits per heavy atom. The van der Waals surface area contributed by atoms with Crippen LogP contribution in [0.5, 0.6) is 11.5 Å². The molecule has 1 aliphatic rings. The predicted molar refractivity (Wildman–Crippen MR) is 91.5 cm³/mol. The van der Waals surface area contributed by atoms with E-state index < -0.39 is 0 Å². The minimum atomic E-state index is -0.214. The first-order valence-corrected chi connectivity index (χ1v) is 8.17. The summed E-state index contributed by atoms with van der Waals surface area (Å²) in [5.74, 6) is 1.17. The molecule has 1 N–H and O–H groups in total. The highest BCUT2D eigenvalue weighted by atomic mass is 16.6. The van der Waals surface area contributed by atoms with Crippen molar-refractivity contribution in [3.8, 4) is 11.5 Å². The van der Waals surface area contributed by atoms with Gasteiger partial charge in [0.1, 0.15) is 13.2 Å². The lowest BCUT2D eigenvalue weighted by Gasteiger charge is -2.23. The fraction of sp³-hybridized carbons (Fsp3) is 0.556. The maximum Gasteiger partial charge on any atom is 0.271 e. The molecule has 0 aliphatic carbocycles. The lowest BCUT2D eigenvalue weighted by Crippen LogP contribution is -2.27. The van der Waals surface area contributed by atoms with Crippen molar-refractivity contribution in [2.75, 3.05) is 13.2 Å². The van der Waals surface area contributed by atoms with E-state index in [-0.39, 0.29) is 11.3 Å². The molecule has 0 aromatic heterocycles. The van der Waals surface area contributed by atoms with Gasteiger partial charge in [0.25, 0.3) is 5.91 Å². The van der Waals surface area contributed by atoms with E-state index in [0.29, 0.717) is 36.7 Å².